The van der Waals surface area contributed by atoms with Gasteiger partial charge in [0.1, 0.15) is 5.76 Å². The molecule has 0 spiro atoms. The summed E-state index contributed by atoms with van der Waals surface area (Å²) in [7, 11) is 1.74. The van der Waals surface area contributed by atoms with Gasteiger partial charge in [0.2, 0.25) is 0 Å². The molecule has 2 aromatic rings. The highest BCUT2D eigenvalue weighted by Crippen LogP contribution is 2.08. The standard InChI is InChI=1S/C15H22N4O3/c1-18(6-7-19-5-4-16-12-19)15(21)17-10-13(11-20)9-14-3-2-8-22-14/h2-5,8,12-13,20H,6-7,9-11H2,1H3,(H,17,21)/t13-/m1/s1. The molecular formula is C15H22N4O3. The number of urea groups is 1. The smallest absolute Gasteiger partial charge is 0.317 e. The Kier molecular flexibility index (Phi) is 6.02. The summed E-state index contributed by atoms with van der Waals surface area (Å²) in [6.07, 6.45) is 7.49. The van der Waals surface area contributed by atoms with Gasteiger partial charge in [0, 0.05) is 58.0 Å². The van der Waals surface area contributed by atoms with Gasteiger partial charge in [-0.25, -0.2) is 9.78 Å². The second kappa shape index (κ2) is 8.23. The Hall–Kier alpha value is -2.28. The quantitative estimate of drug-likeness (QED) is 0.761. The van der Waals surface area contributed by atoms with Crippen molar-refractivity contribution >= 4 is 6.03 Å². The van der Waals surface area contributed by atoms with Gasteiger partial charge in [-0.2, -0.15) is 0 Å². The van der Waals surface area contributed by atoms with Crippen molar-refractivity contribution in [3.05, 3.63) is 42.9 Å². The highest BCUT2D eigenvalue weighted by molar-refractivity contribution is 5.73. The average molecular weight is 306 g/mol. The van der Waals surface area contributed by atoms with Crippen molar-refractivity contribution in [1.82, 2.24) is 19.8 Å². The molecule has 0 aliphatic carbocycles. The van der Waals surface area contributed by atoms with E-state index in [0.717, 1.165) is 5.76 Å². The van der Waals surface area contributed by atoms with E-state index < -0.39 is 0 Å². The van der Waals surface area contributed by atoms with E-state index in [9.17, 15) is 9.90 Å². The number of rotatable bonds is 8. The fraction of sp³-hybridized carbons (Fsp3) is 0.467. The fourth-order valence-corrected chi connectivity index (χ4v) is 2.07. The van der Waals surface area contributed by atoms with E-state index in [1.807, 2.05) is 22.9 Å². The molecule has 0 fully saturated rings. The number of carbonyl (C=O) groups is 1. The monoisotopic (exact) mass is 306 g/mol. The number of furan rings is 1. The summed E-state index contributed by atoms with van der Waals surface area (Å²) in [5.74, 6) is 0.749. The number of amides is 2. The Labute approximate surface area is 129 Å². The molecule has 2 N–H and O–H groups in total. The molecule has 2 rings (SSSR count). The van der Waals surface area contributed by atoms with Crippen LogP contribution in [-0.2, 0) is 13.0 Å². The van der Waals surface area contributed by atoms with E-state index in [1.165, 1.54) is 0 Å². The van der Waals surface area contributed by atoms with Crippen molar-refractivity contribution < 1.29 is 14.3 Å². The Morgan fingerprint density at radius 3 is 3.09 bits per heavy atom. The number of nitrogens with zero attached hydrogens (tertiary/aromatic N) is 3. The third-order valence-electron chi connectivity index (χ3n) is 3.47. The van der Waals surface area contributed by atoms with Crippen LogP contribution in [0.5, 0.6) is 0 Å². The lowest BCUT2D eigenvalue weighted by Crippen LogP contribution is -2.41. The normalized spacial score (nSPS) is 12.1. The maximum atomic E-state index is 12.0. The third kappa shape index (κ3) is 4.92. The molecule has 0 saturated heterocycles. The molecule has 7 nitrogen and oxygen atoms in total. The number of nitrogens with one attached hydrogen (secondary N) is 1. The van der Waals surface area contributed by atoms with Crippen LogP contribution in [0.25, 0.3) is 0 Å². The zero-order valence-electron chi connectivity index (χ0n) is 12.7. The van der Waals surface area contributed by atoms with Crippen LogP contribution in [0.2, 0.25) is 0 Å². The van der Waals surface area contributed by atoms with Crippen molar-refractivity contribution in [2.45, 2.75) is 13.0 Å². The minimum absolute atomic E-state index is 0.000267. The van der Waals surface area contributed by atoms with Gasteiger partial charge in [-0.1, -0.05) is 0 Å². The maximum absolute atomic E-state index is 12.0. The Balaban J connectivity index is 1.70. The summed E-state index contributed by atoms with van der Waals surface area (Å²) >= 11 is 0. The van der Waals surface area contributed by atoms with Gasteiger partial charge in [-0.15, -0.1) is 0 Å². The number of aliphatic hydroxyl groups excluding tert-OH is 1. The summed E-state index contributed by atoms with van der Waals surface area (Å²) in [4.78, 5) is 17.6. The molecule has 7 heteroatoms. The van der Waals surface area contributed by atoms with Crippen LogP contribution in [0, 0.1) is 5.92 Å². The number of aliphatic hydroxyl groups is 1. The number of aromatic nitrogens is 2. The first kappa shape index (κ1) is 16.1. The third-order valence-corrected chi connectivity index (χ3v) is 3.47. The molecule has 120 valence electrons. The van der Waals surface area contributed by atoms with Crippen LogP contribution >= 0.6 is 0 Å². The van der Waals surface area contributed by atoms with Gasteiger partial charge in [-0.05, 0) is 12.1 Å². The van der Waals surface area contributed by atoms with Crippen LogP contribution in [0.4, 0.5) is 4.79 Å². The summed E-state index contributed by atoms with van der Waals surface area (Å²) in [5, 5.41) is 12.2. The van der Waals surface area contributed by atoms with Crippen LogP contribution in [0.15, 0.2) is 41.5 Å². The first-order valence-electron chi connectivity index (χ1n) is 7.27. The minimum atomic E-state index is -0.155. The summed E-state index contributed by atoms with van der Waals surface area (Å²) in [6, 6.07) is 3.52. The molecule has 0 bridgehead atoms. The van der Waals surface area contributed by atoms with E-state index in [1.54, 1.807) is 30.7 Å². The molecule has 0 aliphatic heterocycles. The minimum Gasteiger partial charge on any atom is -0.469 e. The van der Waals surface area contributed by atoms with Crippen LogP contribution in [0.1, 0.15) is 5.76 Å². The van der Waals surface area contributed by atoms with Gasteiger partial charge >= 0.3 is 6.03 Å². The van der Waals surface area contributed by atoms with E-state index >= 15 is 0 Å². The number of hydrogen-bond donors (Lipinski definition) is 2. The highest BCUT2D eigenvalue weighted by atomic mass is 16.3. The molecule has 22 heavy (non-hydrogen) atoms. The van der Waals surface area contributed by atoms with Crippen LogP contribution < -0.4 is 5.32 Å². The Bertz CT molecular complexity index is 539. The second-order valence-electron chi connectivity index (χ2n) is 5.24. The van der Waals surface area contributed by atoms with Gasteiger partial charge in [-0.3, -0.25) is 0 Å². The van der Waals surface area contributed by atoms with Crippen molar-refractivity contribution in [1.29, 1.82) is 0 Å². The summed E-state index contributed by atoms with van der Waals surface area (Å²) in [6.45, 7) is 1.69. The SMILES string of the molecule is CN(CCn1ccnc1)C(=O)NC[C@H](CO)Cc1ccco1. The number of hydrogen-bond acceptors (Lipinski definition) is 4. The van der Waals surface area contributed by atoms with E-state index in [2.05, 4.69) is 10.3 Å². The fourth-order valence-electron chi connectivity index (χ4n) is 2.07. The molecule has 2 heterocycles. The lowest BCUT2D eigenvalue weighted by atomic mass is 10.1. The molecule has 0 radical (unpaired) electrons. The largest absolute Gasteiger partial charge is 0.469 e. The first-order valence-corrected chi connectivity index (χ1v) is 7.27. The lowest BCUT2D eigenvalue weighted by Gasteiger charge is -2.20. The highest BCUT2D eigenvalue weighted by Gasteiger charge is 2.14. The van der Waals surface area contributed by atoms with Gasteiger partial charge in [0.05, 0.1) is 12.6 Å². The van der Waals surface area contributed by atoms with E-state index in [-0.39, 0.29) is 18.6 Å². The molecule has 2 aromatic heterocycles. The number of likely N-dealkylation sites (N-methyl/N-ethyl adjacent to an activating group) is 1. The van der Waals surface area contributed by atoms with Crippen LogP contribution in [0.3, 0.4) is 0 Å². The molecule has 0 unspecified atom stereocenters. The molecule has 1 atom stereocenters. The van der Waals surface area contributed by atoms with Crippen LogP contribution in [-0.4, -0.2) is 52.3 Å². The van der Waals surface area contributed by atoms with Gasteiger partial charge in [0.15, 0.2) is 0 Å². The topological polar surface area (TPSA) is 83.5 Å². The predicted octanol–water partition coefficient (Wildman–Crippen LogP) is 0.969. The van der Waals surface area contributed by atoms with E-state index in [0.29, 0.717) is 26.1 Å². The van der Waals surface area contributed by atoms with Crippen molar-refractivity contribution in [3.8, 4) is 0 Å². The van der Waals surface area contributed by atoms with Crippen molar-refractivity contribution in [3.63, 3.8) is 0 Å². The average Bonchev–Trinajstić information content (AvgIpc) is 3.21. The summed E-state index contributed by atoms with van der Waals surface area (Å²) < 4.78 is 7.17. The van der Waals surface area contributed by atoms with E-state index in [4.69, 9.17) is 4.42 Å². The molecule has 0 aromatic carbocycles. The van der Waals surface area contributed by atoms with Crippen molar-refractivity contribution in [2.24, 2.45) is 5.92 Å². The molecular weight excluding hydrogens is 284 g/mol. The summed E-state index contributed by atoms with van der Waals surface area (Å²) in [5.41, 5.74) is 0. The molecule has 0 aliphatic rings. The maximum Gasteiger partial charge on any atom is 0.317 e. The first-order chi connectivity index (χ1) is 10.7. The number of imidazole rings is 1. The zero-order valence-corrected chi connectivity index (χ0v) is 12.7. The predicted molar refractivity (Wildman–Crippen MR) is 81.2 cm³/mol. The van der Waals surface area contributed by atoms with Gasteiger partial charge < -0.3 is 24.3 Å². The molecule has 2 amide bonds. The number of carbonyl (C=O) groups excluding carboxylic acids is 1. The van der Waals surface area contributed by atoms with Gasteiger partial charge in [0.25, 0.3) is 0 Å². The Morgan fingerprint density at radius 1 is 1.59 bits per heavy atom. The molecule has 0 saturated carbocycles. The lowest BCUT2D eigenvalue weighted by molar-refractivity contribution is 0.192. The Morgan fingerprint density at radius 2 is 2.45 bits per heavy atom. The van der Waals surface area contributed by atoms with Crippen molar-refractivity contribution in [2.75, 3.05) is 26.7 Å². The zero-order chi connectivity index (χ0) is 15.8. The second-order valence-corrected chi connectivity index (χ2v) is 5.24.